The molecule has 0 heterocycles. The molecule has 104 valence electrons. The number of amides is 1. The number of nitro benzene ring substituents is 1. The second-order valence-electron chi connectivity index (χ2n) is 4.67. The Balaban J connectivity index is 3.01. The molecule has 0 aliphatic heterocycles. The number of non-ortho nitro benzene ring substituents is 1. The SMILES string of the molecule is CSC(C)(C)CNc1ccc([N+](=O)[O-])cc1C(N)=O. The highest BCUT2D eigenvalue weighted by Gasteiger charge is 2.19. The smallest absolute Gasteiger partial charge is 0.270 e. The number of benzene rings is 1. The first-order valence-corrected chi connectivity index (χ1v) is 6.86. The molecule has 1 aromatic carbocycles. The van der Waals surface area contributed by atoms with E-state index in [1.54, 1.807) is 11.8 Å². The average Bonchev–Trinajstić information content (AvgIpc) is 2.36. The van der Waals surface area contributed by atoms with Gasteiger partial charge >= 0.3 is 0 Å². The Morgan fingerprint density at radius 3 is 2.63 bits per heavy atom. The Labute approximate surface area is 115 Å². The number of carbonyl (C=O) groups excluding carboxylic acids is 1. The van der Waals surface area contributed by atoms with Gasteiger partial charge in [-0.15, -0.1) is 0 Å². The first-order chi connectivity index (χ1) is 8.76. The van der Waals surface area contributed by atoms with Crippen molar-refractivity contribution in [1.82, 2.24) is 0 Å². The highest BCUT2D eigenvalue weighted by molar-refractivity contribution is 7.99. The molecule has 0 aliphatic rings. The van der Waals surface area contributed by atoms with Crippen LogP contribution in [0.1, 0.15) is 24.2 Å². The minimum Gasteiger partial charge on any atom is -0.383 e. The number of nitrogens with one attached hydrogen (secondary N) is 1. The summed E-state index contributed by atoms with van der Waals surface area (Å²) in [5.74, 6) is -0.687. The molecule has 0 saturated heterocycles. The predicted molar refractivity (Wildman–Crippen MR) is 77.7 cm³/mol. The zero-order valence-corrected chi connectivity index (χ0v) is 11.9. The van der Waals surface area contributed by atoms with Crippen molar-refractivity contribution in [3.05, 3.63) is 33.9 Å². The highest BCUT2D eigenvalue weighted by Crippen LogP contribution is 2.25. The van der Waals surface area contributed by atoms with E-state index in [-0.39, 0.29) is 16.0 Å². The number of nitrogens with two attached hydrogens (primary N) is 1. The van der Waals surface area contributed by atoms with Gasteiger partial charge in [0.1, 0.15) is 0 Å². The number of rotatable bonds is 6. The maximum absolute atomic E-state index is 11.3. The van der Waals surface area contributed by atoms with Crippen molar-refractivity contribution in [3.8, 4) is 0 Å². The van der Waals surface area contributed by atoms with Crippen LogP contribution in [0.4, 0.5) is 11.4 Å². The van der Waals surface area contributed by atoms with Gasteiger partial charge in [-0.3, -0.25) is 14.9 Å². The molecule has 6 nitrogen and oxygen atoms in total. The fourth-order valence-corrected chi connectivity index (χ4v) is 1.60. The van der Waals surface area contributed by atoms with E-state index in [1.807, 2.05) is 6.26 Å². The van der Waals surface area contributed by atoms with Crippen LogP contribution in [0.5, 0.6) is 0 Å². The first kappa shape index (κ1) is 15.3. The monoisotopic (exact) mass is 283 g/mol. The van der Waals surface area contributed by atoms with Crippen molar-refractivity contribution in [3.63, 3.8) is 0 Å². The van der Waals surface area contributed by atoms with Gasteiger partial charge in [0, 0.05) is 29.1 Å². The Kier molecular flexibility index (Phi) is 4.77. The van der Waals surface area contributed by atoms with Gasteiger partial charge in [0.2, 0.25) is 0 Å². The van der Waals surface area contributed by atoms with E-state index in [1.165, 1.54) is 18.2 Å². The van der Waals surface area contributed by atoms with Gasteiger partial charge < -0.3 is 11.1 Å². The van der Waals surface area contributed by atoms with Crippen molar-refractivity contribution in [1.29, 1.82) is 0 Å². The van der Waals surface area contributed by atoms with Crippen molar-refractivity contribution < 1.29 is 9.72 Å². The van der Waals surface area contributed by atoms with Crippen LogP contribution in [0, 0.1) is 10.1 Å². The van der Waals surface area contributed by atoms with Crippen molar-refractivity contribution >= 4 is 29.0 Å². The third kappa shape index (κ3) is 4.13. The quantitative estimate of drug-likeness (QED) is 0.616. The molecular formula is C12H17N3O3S. The molecule has 19 heavy (non-hydrogen) atoms. The van der Waals surface area contributed by atoms with Crippen molar-refractivity contribution in [2.45, 2.75) is 18.6 Å². The molecule has 0 aromatic heterocycles. The van der Waals surface area contributed by atoms with Gasteiger partial charge in [-0.2, -0.15) is 11.8 Å². The van der Waals surface area contributed by atoms with Crippen LogP contribution in [0.15, 0.2) is 18.2 Å². The summed E-state index contributed by atoms with van der Waals surface area (Å²) in [7, 11) is 0. The number of nitrogens with zero attached hydrogens (tertiary/aromatic N) is 1. The fraction of sp³-hybridized carbons (Fsp3) is 0.417. The summed E-state index contributed by atoms with van der Waals surface area (Å²) in [6, 6.07) is 4.05. The lowest BCUT2D eigenvalue weighted by molar-refractivity contribution is -0.384. The summed E-state index contributed by atoms with van der Waals surface area (Å²) in [5.41, 5.74) is 5.74. The average molecular weight is 283 g/mol. The standard InChI is InChI=1S/C12H17N3O3S/c1-12(2,19-3)7-14-10-5-4-8(15(17)18)6-9(10)11(13)16/h4-6,14H,7H2,1-3H3,(H2,13,16). The summed E-state index contributed by atoms with van der Waals surface area (Å²) < 4.78 is -0.0172. The molecule has 0 saturated carbocycles. The number of thioether (sulfide) groups is 1. The van der Waals surface area contributed by atoms with Crippen LogP contribution in [-0.4, -0.2) is 28.4 Å². The van der Waals surface area contributed by atoms with Gasteiger partial charge in [-0.25, -0.2) is 0 Å². The number of carbonyl (C=O) groups is 1. The molecule has 0 spiro atoms. The van der Waals surface area contributed by atoms with E-state index in [9.17, 15) is 14.9 Å². The summed E-state index contributed by atoms with van der Waals surface area (Å²) in [6.45, 7) is 4.73. The van der Waals surface area contributed by atoms with Gasteiger partial charge in [-0.1, -0.05) is 0 Å². The molecule has 0 bridgehead atoms. The third-order valence-electron chi connectivity index (χ3n) is 2.74. The topological polar surface area (TPSA) is 98.3 Å². The lowest BCUT2D eigenvalue weighted by Crippen LogP contribution is -2.27. The van der Waals surface area contributed by atoms with Gasteiger partial charge in [-0.05, 0) is 26.2 Å². The zero-order valence-electron chi connectivity index (χ0n) is 11.1. The summed E-state index contributed by atoms with van der Waals surface area (Å²) >= 11 is 1.68. The molecule has 1 aromatic rings. The highest BCUT2D eigenvalue weighted by atomic mass is 32.2. The largest absolute Gasteiger partial charge is 0.383 e. The van der Waals surface area contributed by atoms with Gasteiger partial charge in [0.15, 0.2) is 0 Å². The zero-order chi connectivity index (χ0) is 14.6. The van der Waals surface area contributed by atoms with Crippen molar-refractivity contribution in [2.24, 2.45) is 5.73 Å². The lowest BCUT2D eigenvalue weighted by Gasteiger charge is -2.23. The predicted octanol–water partition coefficient (Wildman–Crippen LogP) is 2.25. The maximum Gasteiger partial charge on any atom is 0.270 e. The number of nitro groups is 1. The molecule has 0 atom stereocenters. The maximum atomic E-state index is 11.3. The molecule has 7 heteroatoms. The van der Waals surface area contributed by atoms with Crippen LogP contribution < -0.4 is 11.1 Å². The van der Waals surface area contributed by atoms with Crippen LogP contribution in [0.2, 0.25) is 0 Å². The van der Waals surface area contributed by atoms with E-state index in [0.717, 1.165) is 0 Å². The first-order valence-electron chi connectivity index (χ1n) is 5.64. The van der Waals surface area contributed by atoms with Gasteiger partial charge in [0.05, 0.1) is 10.5 Å². The molecule has 0 radical (unpaired) electrons. The molecule has 1 amide bonds. The molecule has 0 unspecified atom stereocenters. The minimum absolute atomic E-state index is 0.0172. The number of anilines is 1. The van der Waals surface area contributed by atoms with Crippen LogP contribution in [0.25, 0.3) is 0 Å². The van der Waals surface area contributed by atoms with E-state index >= 15 is 0 Å². The number of hydrogen-bond donors (Lipinski definition) is 2. The minimum atomic E-state index is -0.687. The molecule has 0 fully saturated rings. The Bertz CT molecular complexity index is 503. The summed E-state index contributed by atoms with van der Waals surface area (Å²) in [5, 5.41) is 13.8. The van der Waals surface area contributed by atoms with Crippen molar-refractivity contribution in [2.75, 3.05) is 18.1 Å². The van der Waals surface area contributed by atoms with Crippen LogP contribution in [-0.2, 0) is 0 Å². The second kappa shape index (κ2) is 5.92. The van der Waals surface area contributed by atoms with Gasteiger partial charge in [0.25, 0.3) is 11.6 Å². The molecule has 0 aliphatic carbocycles. The normalized spacial score (nSPS) is 11.1. The number of primary amides is 1. The lowest BCUT2D eigenvalue weighted by atomic mass is 10.1. The Hall–Kier alpha value is -1.76. The third-order valence-corrected chi connectivity index (χ3v) is 3.99. The van der Waals surface area contributed by atoms with Crippen LogP contribution in [0.3, 0.4) is 0 Å². The second-order valence-corrected chi connectivity index (χ2v) is 6.18. The molecular weight excluding hydrogens is 266 g/mol. The van der Waals surface area contributed by atoms with E-state index in [4.69, 9.17) is 5.73 Å². The van der Waals surface area contributed by atoms with E-state index in [0.29, 0.717) is 12.2 Å². The fourth-order valence-electron chi connectivity index (χ4n) is 1.38. The Morgan fingerprint density at radius 1 is 1.53 bits per heavy atom. The van der Waals surface area contributed by atoms with Crippen LogP contribution >= 0.6 is 11.8 Å². The number of hydrogen-bond acceptors (Lipinski definition) is 5. The molecule has 1 rings (SSSR count). The molecule has 3 N–H and O–H groups in total. The summed E-state index contributed by atoms with van der Waals surface area (Å²) in [4.78, 5) is 21.5. The van der Waals surface area contributed by atoms with E-state index in [2.05, 4.69) is 19.2 Å². The summed E-state index contributed by atoms with van der Waals surface area (Å²) in [6.07, 6.45) is 1.99. The Morgan fingerprint density at radius 2 is 2.16 bits per heavy atom. The van der Waals surface area contributed by atoms with E-state index < -0.39 is 10.8 Å².